The fraction of sp³-hybridized carbons (Fsp3) is 0.125. The third-order valence-corrected chi connectivity index (χ3v) is 3.47. The molecule has 0 aromatic heterocycles. The maximum absolute atomic E-state index is 11.0. The first-order chi connectivity index (χ1) is 6.90. The van der Waals surface area contributed by atoms with Crippen LogP contribution in [0.25, 0.3) is 0 Å². The summed E-state index contributed by atoms with van der Waals surface area (Å²) in [4.78, 5) is -0.255. The molecule has 0 aliphatic carbocycles. The van der Waals surface area contributed by atoms with E-state index in [-0.39, 0.29) is 21.0 Å². The first-order valence-corrected chi connectivity index (χ1v) is 6.37. The standard InChI is InChI=1S/C8H5Cl2NO3S/c9-8-5(3-11)1-7(15(10,13)14)2-6(8)4-12/h1-2,12H,4H2. The molecule has 0 saturated heterocycles. The predicted molar refractivity (Wildman–Crippen MR) is 55.1 cm³/mol. The maximum atomic E-state index is 11.0. The van der Waals surface area contributed by atoms with Crippen LogP contribution in [0.5, 0.6) is 0 Å². The summed E-state index contributed by atoms with van der Waals surface area (Å²) in [5.41, 5.74) is 0.109. The van der Waals surface area contributed by atoms with E-state index in [0.29, 0.717) is 0 Å². The van der Waals surface area contributed by atoms with Gasteiger partial charge in [-0.15, -0.1) is 0 Å². The Morgan fingerprint density at radius 1 is 1.47 bits per heavy atom. The number of nitriles is 1. The van der Waals surface area contributed by atoms with E-state index >= 15 is 0 Å². The lowest BCUT2D eigenvalue weighted by Crippen LogP contribution is -1.96. The van der Waals surface area contributed by atoms with Crippen molar-refractivity contribution in [2.75, 3.05) is 0 Å². The summed E-state index contributed by atoms with van der Waals surface area (Å²) in [6, 6.07) is 3.91. The van der Waals surface area contributed by atoms with Gasteiger partial charge in [0.25, 0.3) is 9.05 Å². The molecule has 0 fully saturated rings. The first-order valence-electron chi connectivity index (χ1n) is 3.68. The molecule has 1 aromatic carbocycles. The van der Waals surface area contributed by atoms with Crippen molar-refractivity contribution in [2.24, 2.45) is 0 Å². The number of halogens is 2. The molecule has 0 bridgehead atoms. The third kappa shape index (κ3) is 2.61. The molecule has 4 nitrogen and oxygen atoms in total. The monoisotopic (exact) mass is 265 g/mol. The molecule has 0 spiro atoms. The van der Waals surface area contributed by atoms with Crippen LogP contribution in [0.3, 0.4) is 0 Å². The van der Waals surface area contributed by atoms with E-state index in [1.807, 2.05) is 0 Å². The van der Waals surface area contributed by atoms with Crippen LogP contribution in [0.2, 0.25) is 5.02 Å². The van der Waals surface area contributed by atoms with Crippen LogP contribution in [-0.2, 0) is 15.7 Å². The highest BCUT2D eigenvalue weighted by Gasteiger charge is 2.15. The number of hydrogen-bond donors (Lipinski definition) is 1. The number of benzene rings is 1. The van der Waals surface area contributed by atoms with Crippen LogP contribution in [0.4, 0.5) is 0 Å². The van der Waals surface area contributed by atoms with Crippen molar-refractivity contribution in [3.63, 3.8) is 0 Å². The Bertz CT molecular complexity index is 534. The molecule has 0 atom stereocenters. The van der Waals surface area contributed by atoms with Gasteiger partial charge in [0.2, 0.25) is 0 Å². The Hall–Kier alpha value is -0.800. The third-order valence-electron chi connectivity index (χ3n) is 1.69. The molecule has 80 valence electrons. The van der Waals surface area contributed by atoms with E-state index in [1.54, 1.807) is 6.07 Å². The minimum absolute atomic E-state index is 0.0315. The van der Waals surface area contributed by atoms with Crippen molar-refractivity contribution in [2.45, 2.75) is 11.5 Å². The molecule has 1 rings (SSSR count). The number of aliphatic hydroxyl groups is 1. The van der Waals surface area contributed by atoms with Gasteiger partial charge in [0, 0.05) is 10.7 Å². The lowest BCUT2D eigenvalue weighted by atomic mass is 10.1. The van der Waals surface area contributed by atoms with Gasteiger partial charge in [0.1, 0.15) is 6.07 Å². The number of aliphatic hydroxyl groups excluding tert-OH is 1. The minimum atomic E-state index is -3.93. The van der Waals surface area contributed by atoms with E-state index in [2.05, 4.69) is 0 Å². The summed E-state index contributed by atoms with van der Waals surface area (Å²) in [7, 11) is 1.17. The van der Waals surface area contributed by atoms with Gasteiger partial charge in [0.15, 0.2) is 0 Å². The summed E-state index contributed by atoms with van der Waals surface area (Å²) in [5.74, 6) is 0. The smallest absolute Gasteiger partial charge is 0.261 e. The zero-order valence-corrected chi connectivity index (χ0v) is 9.57. The van der Waals surface area contributed by atoms with Crippen molar-refractivity contribution in [3.05, 3.63) is 28.3 Å². The molecule has 0 unspecified atom stereocenters. The molecule has 0 radical (unpaired) electrons. The quantitative estimate of drug-likeness (QED) is 0.825. The van der Waals surface area contributed by atoms with Gasteiger partial charge in [-0.05, 0) is 17.7 Å². The Labute approximate surface area is 96.1 Å². The van der Waals surface area contributed by atoms with Gasteiger partial charge in [0.05, 0.1) is 22.1 Å². The Morgan fingerprint density at radius 2 is 2.07 bits per heavy atom. The van der Waals surface area contributed by atoms with E-state index in [4.69, 9.17) is 32.7 Å². The van der Waals surface area contributed by atoms with Gasteiger partial charge in [-0.25, -0.2) is 8.42 Å². The predicted octanol–water partition coefficient (Wildman–Crippen LogP) is 1.63. The topological polar surface area (TPSA) is 78.2 Å². The second kappa shape index (κ2) is 4.37. The van der Waals surface area contributed by atoms with Gasteiger partial charge in [-0.3, -0.25) is 0 Å². The lowest BCUT2D eigenvalue weighted by Gasteiger charge is -2.04. The van der Waals surface area contributed by atoms with Crippen LogP contribution in [0, 0.1) is 11.3 Å². The fourth-order valence-electron chi connectivity index (χ4n) is 0.993. The van der Waals surface area contributed by atoms with Gasteiger partial charge >= 0.3 is 0 Å². The molecule has 0 saturated carbocycles. The Morgan fingerprint density at radius 3 is 2.47 bits per heavy atom. The van der Waals surface area contributed by atoms with E-state index < -0.39 is 15.7 Å². The minimum Gasteiger partial charge on any atom is -0.392 e. The summed E-state index contributed by atoms with van der Waals surface area (Å²) < 4.78 is 22.0. The Balaban J connectivity index is 3.56. The second-order valence-corrected chi connectivity index (χ2v) is 5.60. The number of nitrogens with zero attached hydrogens (tertiary/aromatic N) is 1. The van der Waals surface area contributed by atoms with Crippen molar-refractivity contribution < 1.29 is 13.5 Å². The summed E-state index contributed by atoms with van der Waals surface area (Å²) in [6.07, 6.45) is 0. The van der Waals surface area contributed by atoms with E-state index in [1.165, 1.54) is 0 Å². The van der Waals surface area contributed by atoms with E-state index in [0.717, 1.165) is 12.1 Å². The Kier molecular flexibility index (Phi) is 3.58. The normalized spacial score (nSPS) is 11.1. The van der Waals surface area contributed by atoms with Gasteiger partial charge < -0.3 is 5.11 Å². The number of hydrogen-bond acceptors (Lipinski definition) is 4. The average Bonchev–Trinajstić information content (AvgIpc) is 2.16. The second-order valence-electron chi connectivity index (χ2n) is 2.65. The molecular weight excluding hydrogens is 261 g/mol. The van der Waals surface area contributed by atoms with Crippen molar-refractivity contribution in [1.82, 2.24) is 0 Å². The van der Waals surface area contributed by atoms with Crippen molar-refractivity contribution >= 4 is 31.3 Å². The van der Waals surface area contributed by atoms with Crippen LogP contribution in [-0.4, -0.2) is 13.5 Å². The molecule has 0 aliphatic heterocycles. The molecule has 7 heteroatoms. The molecule has 0 heterocycles. The van der Waals surface area contributed by atoms with Crippen LogP contribution >= 0.6 is 22.3 Å². The highest BCUT2D eigenvalue weighted by atomic mass is 35.7. The molecule has 1 aromatic rings. The zero-order valence-electron chi connectivity index (χ0n) is 7.24. The maximum Gasteiger partial charge on any atom is 0.261 e. The highest BCUT2D eigenvalue weighted by Crippen LogP contribution is 2.26. The SMILES string of the molecule is N#Cc1cc(S(=O)(=O)Cl)cc(CO)c1Cl. The molecule has 1 N–H and O–H groups in total. The largest absolute Gasteiger partial charge is 0.392 e. The summed E-state index contributed by atoms with van der Waals surface area (Å²) in [5, 5.41) is 17.6. The van der Waals surface area contributed by atoms with Gasteiger partial charge in [-0.1, -0.05) is 11.6 Å². The highest BCUT2D eigenvalue weighted by molar-refractivity contribution is 8.13. The first kappa shape index (κ1) is 12.3. The molecule has 0 aliphatic rings. The van der Waals surface area contributed by atoms with Crippen molar-refractivity contribution in [3.8, 4) is 6.07 Å². The molecule has 15 heavy (non-hydrogen) atoms. The fourth-order valence-corrected chi connectivity index (χ4v) is 2.01. The van der Waals surface area contributed by atoms with Gasteiger partial charge in [-0.2, -0.15) is 5.26 Å². The van der Waals surface area contributed by atoms with Crippen molar-refractivity contribution in [1.29, 1.82) is 5.26 Å². The summed E-state index contributed by atoms with van der Waals surface area (Å²) in [6.45, 7) is -0.465. The van der Waals surface area contributed by atoms with E-state index in [9.17, 15) is 8.42 Å². The molecular formula is C8H5Cl2NO3S. The van der Waals surface area contributed by atoms with Crippen LogP contribution in [0.15, 0.2) is 17.0 Å². The number of rotatable bonds is 2. The zero-order chi connectivity index (χ0) is 11.6. The summed E-state index contributed by atoms with van der Waals surface area (Å²) >= 11 is 5.71. The van der Waals surface area contributed by atoms with Crippen LogP contribution in [0.1, 0.15) is 11.1 Å². The molecule has 0 amide bonds. The average molecular weight is 266 g/mol. The lowest BCUT2D eigenvalue weighted by molar-refractivity contribution is 0.281. The van der Waals surface area contributed by atoms with Crippen LogP contribution < -0.4 is 0 Å².